The molecule has 0 unspecified atom stereocenters. The van der Waals surface area contributed by atoms with Crippen LogP contribution in [-0.4, -0.2) is 62.0 Å². The van der Waals surface area contributed by atoms with Crippen molar-refractivity contribution in [2.45, 2.75) is 24.2 Å². The number of piperazine rings is 1. The van der Waals surface area contributed by atoms with Gasteiger partial charge in [0.25, 0.3) is 5.82 Å². The van der Waals surface area contributed by atoms with Crippen molar-refractivity contribution in [2.24, 2.45) is 0 Å². The summed E-state index contributed by atoms with van der Waals surface area (Å²) in [5.41, 5.74) is 0. The van der Waals surface area contributed by atoms with E-state index in [4.69, 9.17) is 0 Å². The molecule has 0 spiro atoms. The van der Waals surface area contributed by atoms with Crippen LogP contribution in [0, 0.1) is 0 Å². The number of hydrogen-bond acceptors (Lipinski definition) is 6. The van der Waals surface area contributed by atoms with Gasteiger partial charge >= 0.3 is 0 Å². The predicted octanol–water partition coefficient (Wildman–Crippen LogP) is 0.792. The van der Waals surface area contributed by atoms with E-state index >= 15 is 0 Å². The third-order valence-corrected chi connectivity index (χ3v) is 7.07. The lowest BCUT2D eigenvalue weighted by Crippen LogP contribution is -2.48. The Balaban J connectivity index is 1.41. The first-order valence-corrected chi connectivity index (χ1v) is 10.9. The third-order valence-electron chi connectivity index (χ3n) is 5.18. The molecule has 2 aliphatic rings. The van der Waals surface area contributed by atoms with Gasteiger partial charge in [0, 0.05) is 31.5 Å². The summed E-state index contributed by atoms with van der Waals surface area (Å²) < 4.78 is 27.1. The number of hydrogen-bond donors (Lipinski definition) is 0. The minimum Gasteiger partial charge on any atom is -0.333 e. The molecule has 0 saturated carbocycles. The molecule has 9 heteroatoms. The molecule has 2 fully saturated rings. The molecule has 0 atom stereocenters. The first kappa shape index (κ1) is 18.1. The molecule has 2 aromatic heterocycles. The molecule has 1 N–H and O–H groups in total. The number of rotatable bonds is 4. The molecule has 144 valence electrons. The fraction of sp³-hybridized carbons (Fsp3) is 0.500. The highest BCUT2D eigenvalue weighted by atomic mass is 32.2. The van der Waals surface area contributed by atoms with Gasteiger partial charge in [-0.2, -0.15) is 4.31 Å². The van der Waals surface area contributed by atoms with Gasteiger partial charge < -0.3 is 4.90 Å². The molecular weight excluding hydrogens is 364 g/mol. The summed E-state index contributed by atoms with van der Waals surface area (Å²) in [6, 6.07) is 5.39. The number of piperidine rings is 1. The lowest BCUT2D eigenvalue weighted by molar-refractivity contribution is -0.367. The molecule has 0 amide bonds. The number of aromatic nitrogens is 3. The molecular formula is C18H25N6O2S+. The molecule has 0 bridgehead atoms. The van der Waals surface area contributed by atoms with Gasteiger partial charge in [0.05, 0.1) is 13.1 Å². The Bertz CT molecular complexity index is 845. The summed E-state index contributed by atoms with van der Waals surface area (Å²) in [5, 5.41) is 0. The highest BCUT2D eigenvalue weighted by Crippen LogP contribution is 2.21. The first-order valence-electron chi connectivity index (χ1n) is 9.43. The Morgan fingerprint density at radius 3 is 2.15 bits per heavy atom. The Morgan fingerprint density at radius 1 is 0.852 bits per heavy atom. The fourth-order valence-electron chi connectivity index (χ4n) is 3.62. The highest BCUT2D eigenvalue weighted by Gasteiger charge is 2.29. The summed E-state index contributed by atoms with van der Waals surface area (Å²) in [6.07, 6.45) is 8.11. The van der Waals surface area contributed by atoms with Crippen LogP contribution in [0.25, 0.3) is 0 Å². The Kier molecular flexibility index (Phi) is 5.22. The summed E-state index contributed by atoms with van der Waals surface area (Å²) in [7, 11) is -3.40. The van der Waals surface area contributed by atoms with E-state index < -0.39 is 10.0 Å². The van der Waals surface area contributed by atoms with E-state index in [1.165, 1.54) is 0 Å². The SMILES string of the molecule is O=S(=O)(c1ccc(N2CCN(c3ncccn3)CC2)[nH+]c1)N1CCCCC1. The van der Waals surface area contributed by atoms with Gasteiger partial charge in [-0.15, -0.1) is 0 Å². The number of anilines is 2. The van der Waals surface area contributed by atoms with Crippen LogP contribution in [0.1, 0.15) is 19.3 Å². The average Bonchev–Trinajstić information content (AvgIpc) is 2.75. The lowest BCUT2D eigenvalue weighted by Gasteiger charge is -2.30. The molecule has 27 heavy (non-hydrogen) atoms. The molecule has 2 aromatic rings. The maximum absolute atomic E-state index is 12.7. The zero-order valence-electron chi connectivity index (χ0n) is 15.3. The van der Waals surface area contributed by atoms with Crippen molar-refractivity contribution in [3.63, 3.8) is 0 Å². The van der Waals surface area contributed by atoms with Crippen LogP contribution in [-0.2, 0) is 10.0 Å². The predicted molar refractivity (Wildman–Crippen MR) is 102 cm³/mol. The standard InChI is InChI=1S/C18H24N6O2S/c25-27(26,24-9-2-1-3-10-24)16-5-6-17(21-15-16)22-11-13-23(14-12-22)18-19-7-4-8-20-18/h4-8,15H,1-3,9-14H2/p+1. The summed E-state index contributed by atoms with van der Waals surface area (Å²) in [4.78, 5) is 16.5. The van der Waals surface area contributed by atoms with E-state index in [1.54, 1.807) is 29.0 Å². The minimum absolute atomic E-state index is 0.337. The van der Waals surface area contributed by atoms with Gasteiger partial charge in [-0.3, -0.25) is 4.90 Å². The van der Waals surface area contributed by atoms with Gasteiger partial charge in [-0.1, -0.05) is 6.42 Å². The van der Waals surface area contributed by atoms with E-state index in [9.17, 15) is 8.42 Å². The lowest BCUT2D eigenvalue weighted by atomic mass is 10.2. The number of aromatic amines is 1. The summed E-state index contributed by atoms with van der Waals surface area (Å²) >= 11 is 0. The third kappa shape index (κ3) is 3.89. The van der Waals surface area contributed by atoms with Crippen molar-refractivity contribution in [2.75, 3.05) is 49.1 Å². The van der Waals surface area contributed by atoms with Crippen LogP contribution in [0.3, 0.4) is 0 Å². The largest absolute Gasteiger partial charge is 0.333 e. The number of pyridine rings is 1. The van der Waals surface area contributed by atoms with Gasteiger partial charge in [-0.05, 0) is 25.0 Å². The Morgan fingerprint density at radius 2 is 1.52 bits per heavy atom. The van der Waals surface area contributed by atoms with E-state index in [-0.39, 0.29) is 0 Å². The summed E-state index contributed by atoms with van der Waals surface area (Å²) in [5.74, 6) is 1.69. The first-order chi connectivity index (χ1) is 13.1. The van der Waals surface area contributed by atoms with Crippen molar-refractivity contribution >= 4 is 21.8 Å². The fourth-order valence-corrected chi connectivity index (χ4v) is 5.10. The molecule has 4 heterocycles. The smallest absolute Gasteiger partial charge is 0.274 e. The zero-order valence-corrected chi connectivity index (χ0v) is 16.1. The van der Waals surface area contributed by atoms with E-state index in [2.05, 4.69) is 24.8 Å². The van der Waals surface area contributed by atoms with Crippen molar-refractivity contribution in [3.8, 4) is 0 Å². The number of nitrogens with one attached hydrogen (secondary N) is 1. The van der Waals surface area contributed by atoms with Crippen LogP contribution < -0.4 is 14.8 Å². The average molecular weight is 390 g/mol. The van der Waals surface area contributed by atoms with Gasteiger partial charge in [0.1, 0.15) is 24.2 Å². The normalized spacial score (nSPS) is 19.3. The van der Waals surface area contributed by atoms with E-state index in [0.717, 1.165) is 57.2 Å². The van der Waals surface area contributed by atoms with Crippen molar-refractivity contribution in [1.82, 2.24) is 14.3 Å². The molecule has 8 nitrogen and oxygen atoms in total. The van der Waals surface area contributed by atoms with E-state index in [1.807, 2.05) is 12.1 Å². The number of H-pyrrole nitrogens is 1. The quantitative estimate of drug-likeness (QED) is 0.769. The Hall–Kier alpha value is -2.26. The van der Waals surface area contributed by atoms with Gasteiger partial charge in [0.2, 0.25) is 16.0 Å². The maximum atomic E-state index is 12.7. The van der Waals surface area contributed by atoms with E-state index in [0.29, 0.717) is 18.0 Å². The maximum Gasteiger partial charge on any atom is 0.274 e. The van der Waals surface area contributed by atoms with Crippen LogP contribution >= 0.6 is 0 Å². The number of nitrogens with zero attached hydrogens (tertiary/aromatic N) is 5. The molecule has 0 radical (unpaired) electrons. The van der Waals surface area contributed by atoms with Gasteiger partial charge in [0.15, 0.2) is 0 Å². The number of sulfonamides is 1. The second-order valence-corrected chi connectivity index (χ2v) is 8.84. The van der Waals surface area contributed by atoms with Gasteiger partial charge in [-0.25, -0.2) is 23.4 Å². The molecule has 2 aliphatic heterocycles. The minimum atomic E-state index is -3.40. The van der Waals surface area contributed by atoms with Crippen molar-refractivity contribution < 1.29 is 13.4 Å². The van der Waals surface area contributed by atoms with Crippen LogP contribution in [0.4, 0.5) is 11.8 Å². The molecule has 0 aromatic carbocycles. The van der Waals surface area contributed by atoms with Crippen LogP contribution in [0.5, 0.6) is 0 Å². The van der Waals surface area contributed by atoms with Crippen molar-refractivity contribution in [3.05, 3.63) is 36.8 Å². The summed E-state index contributed by atoms with van der Waals surface area (Å²) in [6.45, 7) is 4.54. The topological polar surface area (TPSA) is 83.8 Å². The highest BCUT2D eigenvalue weighted by molar-refractivity contribution is 7.89. The molecule has 2 saturated heterocycles. The molecule has 0 aliphatic carbocycles. The van der Waals surface area contributed by atoms with Crippen LogP contribution in [0.2, 0.25) is 0 Å². The Labute approximate surface area is 159 Å². The van der Waals surface area contributed by atoms with Crippen molar-refractivity contribution in [1.29, 1.82) is 0 Å². The molecule has 4 rings (SSSR count). The second kappa shape index (κ2) is 7.77. The zero-order chi connectivity index (χ0) is 18.7. The second-order valence-electron chi connectivity index (χ2n) is 6.90. The monoisotopic (exact) mass is 389 g/mol. The van der Waals surface area contributed by atoms with Crippen LogP contribution in [0.15, 0.2) is 41.7 Å².